The fourth-order valence-electron chi connectivity index (χ4n) is 1.81. The molecule has 0 rings (SSSR count). The largest absolute Gasteiger partial charge is 0.850 e. The van der Waals surface area contributed by atoms with Crippen molar-refractivity contribution in [2.45, 2.75) is 113 Å². The van der Waals surface area contributed by atoms with Crippen LogP contribution in [-0.2, 0) is 79.0 Å². The van der Waals surface area contributed by atoms with E-state index in [1.807, 2.05) is 0 Å². The van der Waals surface area contributed by atoms with Gasteiger partial charge < -0.3 is 27.7 Å². The van der Waals surface area contributed by atoms with E-state index >= 15 is 0 Å². The van der Waals surface area contributed by atoms with Crippen LogP contribution in [-0.4, -0.2) is 0 Å². The SMILES string of the molecule is CCCCC[CH2][Zn+].CCCCC[CH2][Zn+].CCCCC[CH2][Zn+].[O-]P([O-])(=S)[S-]. The topological polar surface area (TPSA) is 46.1 Å². The number of hydrogen-bond acceptors (Lipinski definition) is 4. The van der Waals surface area contributed by atoms with E-state index < -0.39 is 5.69 Å². The van der Waals surface area contributed by atoms with E-state index in [-0.39, 0.29) is 0 Å². The molecule has 0 aliphatic carbocycles. The Labute approximate surface area is 205 Å². The smallest absolute Gasteiger partial charge is 0.160 e. The average Bonchev–Trinajstić information content (AvgIpc) is 2.56. The van der Waals surface area contributed by atoms with E-state index in [0.717, 1.165) is 0 Å². The molecule has 0 unspecified atom stereocenters. The van der Waals surface area contributed by atoms with Crippen LogP contribution in [0.2, 0.25) is 15.0 Å². The molecule has 2 nitrogen and oxygen atoms in total. The van der Waals surface area contributed by atoms with Crippen molar-refractivity contribution in [2.24, 2.45) is 0 Å². The van der Waals surface area contributed by atoms with Gasteiger partial charge in [0.2, 0.25) is 0 Å². The van der Waals surface area contributed by atoms with Gasteiger partial charge in [-0.15, -0.1) is 0 Å². The van der Waals surface area contributed by atoms with E-state index in [1.54, 1.807) is 0 Å². The fraction of sp³-hybridized carbons (Fsp3) is 1.00. The van der Waals surface area contributed by atoms with Crippen molar-refractivity contribution in [1.82, 2.24) is 0 Å². The molecule has 0 aromatic carbocycles. The molecule has 8 heteroatoms. The molecule has 0 amide bonds. The van der Waals surface area contributed by atoms with Crippen LogP contribution in [0, 0.1) is 0 Å². The summed E-state index contributed by atoms with van der Waals surface area (Å²) in [5.74, 6) is 0. The molecule has 0 aliphatic heterocycles. The minimum absolute atomic E-state index is 1.38. The first-order chi connectivity index (χ1) is 12.2. The quantitative estimate of drug-likeness (QED) is 0.122. The van der Waals surface area contributed by atoms with Gasteiger partial charge in [0.25, 0.3) is 0 Å². The molecule has 0 atom stereocenters. The molecule has 0 spiro atoms. The van der Waals surface area contributed by atoms with Gasteiger partial charge in [-0.25, -0.2) is 0 Å². The minimum atomic E-state index is -3.72. The van der Waals surface area contributed by atoms with E-state index in [1.165, 1.54) is 147 Å². The molecular weight excluding hydrogens is 539 g/mol. The first-order valence-corrected chi connectivity index (χ1v) is 20.3. The van der Waals surface area contributed by atoms with E-state index in [9.17, 15) is 9.79 Å². The van der Waals surface area contributed by atoms with Crippen molar-refractivity contribution in [3.63, 3.8) is 0 Å². The van der Waals surface area contributed by atoms with Gasteiger partial charge in [-0.05, 0) is 0 Å². The molecule has 0 aromatic rings. The summed E-state index contributed by atoms with van der Waals surface area (Å²) >= 11 is 11.8. The van der Waals surface area contributed by atoms with Gasteiger partial charge in [-0.3, -0.25) is 0 Å². The van der Waals surface area contributed by atoms with Crippen LogP contribution in [0.25, 0.3) is 0 Å². The molecule has 0 aromatic heterocycles. The zero-order chi connectivity index (χ0) is 21.1. The van der Waals surface area contributed by atoms with Gasteiger partial charge in [0, 0.05) is 0 Å². The van der Waals surface area contributed by atoms with Crippen LogP contribution in [0.1, 0.15) is 97.8 Å². The second-order valence-corrected chi connectivity index (χ2v) is 15.1. The van der Waals surface area contributed by atoms with Crippen LogP contribution >= 0.6 is 5.69 Å². The van der Waals surface area contributed by atoms with Gasteiger partial charge >= 0.3 is 168 Å². The maximum absolute atomic E-state index is 9.29. The van der Waals surface area contributed by atoms with Crippen molar-refractivity contribution in [3.05, 3.63) is 0 Å². The summed E-state index contributed by atoms with van der Waals surface area (Å²) < 4.78 is 0. The third-order valence-corrected chi connectivity index (χ3v) is 6.46. The summed E-state index contributed by atoms with van der Waals surface area (Å²) in [4.78, 5) is 18.6. The number of hydrogen-bond donors (Lipinski definition) is 0. The Hall–Kier alpha value is 2.79. The Morgan fingerprint density at radius 2 is 0.808 bits per heavy atom. The van der Waals surface area contributed by atoms with Crippen molar-refractivity contribution < 1.29 is 64.7 Å². The second-order valence-electron chi connectivity index (χ2n) is 6.19. The Morgan fingerprint density at radius 3 is 0.923 bits per heavy atom. The molecule has 0 fully saturated rings. The van der Waals surface area contributed by atoms with Gasteiger partial charge in [-0.1, -0.05) is 0 Å². The molecule has 0 N–H and O–H groups in total. The van der Waals surface area contributed by atoms with Gasteiger partial charge in [0.1, 0.15) is 0 Å². The summed E-state index contributed by atoms with van der Waals surface area (Å²) in [7, 11) is 0. The second kappa shape index (κ2) is 35.2. The summed E-state index contributed by atoms with van der Waals surface area (Å²) in [6.07, 6.45) is 17.3. The van der Waals surface area contributed by atoms with E-state index in [0.29, 0.717) is 0 Å². The van der Waals surface area contributed by atoms with Gasteiger partial charge in [0.15, 0.2) is 0 Å². The average molecular weight is 579 g/mol. The van der Waals surface area contributed by atoms with Crippen molar-refractivity contribution >= 4 is 29.7 Å². The van der Waals surface area contributed by atoms with Crippen molar-refractivity contribution in [3.8, 4) is 0 Å². The zero-order valence-electron chi connectivity index (χ0n) is 17.8. The fourth-order valence-corrected chi connectivity index (χ4v) is 4.04. The zero-order valence-corrected chi connectivity index (χ0v) is 29.2. The normalized spacial score (nSPS) is 10.0. The summed E-state index contributed by atoms with van der Waals surface area (Å²) in [5, 5.41) is 4.46. The predicted molar refractivity (Wildman–Crippen MR) is 108 cm³/mol. The Kier molecular flexibility index (Phi) is 49.0. The Balaban J connectivity index is -0.000000125. The number of unbranched alkanes of at least 4 members (excludes halogenated alkanes) is 9. The van der Waals surface area contributed by atoms with Crippen molar-refractivity contribution in [1.29, 1.82) is 0 Å². The molecule has 0 bridgehead atoms. The molecular formula is C18H39O2PS2Zn3. The molecule has 146 valence electrons. The Morgan fingerprint density at radius 1 is 0.615 bits per heavy atom. The maximum Gasteiger partial charge on any atom is -0.160 e. The first kappa shape index (κ1) is 36.2. The standard InChI is InChI=1S/3C6H13.H3O2PS2.3Zn/c3*1-3-5-6-4-2;1-3(2,4)5;;;/h3*1,3-6H2,2H3;(H3,1,2,4,5);;;/q;;;;3*+1/p-3. The Bertz CT molecular complexity index is 215. The monoisotopic (exact) mass is 574 g/mol. The van der Waals surface area contributed by atoms with Gasteiger partial charge in [0.05, 0.1) is 0 Å². The molecule has 0 saturated heterocycles. The summed E-state index contributed by atoms with van der Waals surface area (Å²) in [5.41, 5.74) is -3.72. The molecule has 0 saturated carbocycles. The minimum Gasteiger partial charge on any atom is -0.850 e. The van der Waals surface area contributed by atoms with Gasteiger partial charge in [-0.2, -0.15) is 11.8 Å². The first-order valence-electron chi connectivity index (χ1n) is 10.4. The van der Waals surface area contributed by atoms with Crippen LogP contribution in [0.4, 0.5) is 0 Å². The van der Waals surface area contributed by atoms with Crippen molar-refractivity contribution in [2.75, 3.05) is 0 Å². The molecule has 26 heavy (non-hydrogen) atoms. The van der Waals surface area contributed by atoms with Crippen LogP contribution in [0.3, 0.4) is 0 Å². The number of rotatable bonds is 12. The molecule has 0 aliphatic rings. The summed E-state index contributed by atoms with van der Waals surface area (Å²) in [6, 6.07) is 0. The third-order valence-electron chi connectivity index (χ3n) is 3.31. The summed E-state index contributed by atoms with van der Waals surface area (Å²) in [6.45, 7) is 6.77. The van der Waals surface area contributed by atoms with Crippen LogP contribution < -0.4 is 9.79 Å². The molecule has 0 heterocycles. The predicted octanol–water partition coefficient (Wildman–Crippen LogP) is 6.07. The maximum atomic E-state index is 9.29. The van der Waals surface area contributed by atoms with Crippen LogP contribution in [0.5, 0.6) is 0 Å². The van der Waals surface area contributed by atoms with Crippen LogP contribution in [0.15, 0.2) is 0 Å². The van der Waals surface area contributed by atoms with E-state index in [4.69, 9.17) is 0 Å². The van der Waals surface area contributed by atoms with E-state index in [2.05, 4.69) is 44.8 Å². The molecule has 0 radical (unpaired) electrons. The third kappa shape index (κ3) is 81.5.